The number of hydrogen-bond donors (Lipinski definition) is 2. The summed E-state index contributed by atoms with van der Waals surface area (Å²) in [6.45, 7) is 0.692. The van der Waals surface area contributed by atoms with E-state index in [2.05, 4.69) is 25.7 Å². The van der Waals surface area contributed by atoms with Gasteiger partial charge in [-0.15, -0.1) is 10.2 Å². The van der Waals surface area contributed by atoms with Gasteiger partial charge in [0.05, 0.1) is 18.2 Å². The zero-order valence-electron chi connectivity index (χ0n) is 14.5. The molecule has 0 bridgehead atoms. The van der Waals surface area contributed by atoms with E-state index in [0.717, 1.165) is 16.3 Å². The van der Waals surface area contributed by atoms with Crippen molar-refractivity contribution in [3.63, 3.8) is 0 Å². The number of rotatable bonds is 6. The number of aromatic nitrogens is 4. The molecule has 9 heteroatoms. The lowest BCUT2D eigenvalue weighted by atomic mass is 10.1. The lowest BCUT2D eigenvalue weighted by Gasteiger charge is -2.12. The van der Waals surface area contributed by atoms with Gasteiger partial charge in [0.25, 0.3) is 0 Å². The molecule has 2 N–H and O–H groups in total. The van der Waals surface area contributed by atoms with Gasteiger partial charge < -0.3 is 5.32 Å². The standard InChI is InChI=1S/C18H18N6O2S/c25-16-9-13(17(26)19-10-14-6-7-20-21-14)11-24(16)18-23-22-15(27-18)8-12-4-2-1-3-5-12/h1-7,13H,8-11H2,(H,19,26)(H,20,21). The van der Waals surface area contributed by atoms with Crippen molar-refractivity contribution in [1.82, 2.24) is 25.7 Å². The summed E-state index contributed by atoms with van der Waals surface area (Å²) in [4.78, 5) is 26.3. The van der Waals surface area contributed by atoms with Crippen molar-refractivity contribution in [1.29, 1.82) is 0 Å². The minimum Gasteiger partial charge on any atom is -0.350 e. The predicted octanol–water partition coefficient (Wildman–Crippen LogP) is 1.52. The molecule has 3 aromatic rings. The van der Waals surface area contributed by atoms with Gasteiger partial charge in [-0.25, -0.2) is 0 Å². The second-order valence-corrected chi connectivity index (χ2v) is 7.39. The van der Waals surface area contributed by atoms with Gasteiger partial charge in [-0.1, -0.05) is 41.7 Å². The van der Waals surface area contributed by atoms with Crippen LogP contribution in [-0.4, -0.2) is 38.8 Å². The maximum atomic E-state index is 12.4. The topological polar surface area (TPSA) is 104 Å². The molecule has 0 saturated carbocycles. The van der Waals surface area contributed by atoms with Crippen LogP contribution in [0, 0.1) is 5.92 Å². The van der Waals surface area contributed by atoms with Crippen LogP contribution in [0.1, 0.15) is 22.7 Å². The number of nitrogens with one attached hydrogen (secondary N) is 2. The van der Waals surface area contributed by atoms with Crippen molar-refractivity contribution in [2.75, 3.05) is 11.4 Å². The summed E-state index contributed by atoms with van der Waals surface area (Å²) in [7, 11) is 0. The molecular formula is C18H18N6O2S. The maximum absolute atomic E-state index is 12.4. The van der Waals surface area contributed by atoms with Crippen LogP contribution in [0.3, 0.4) is 0 Å². The van der Waals surface area contributed by atoms with E-state index in [0.29, 0.717) is 24.6 Å². The Balaban J connectivity index is 1.37. The molecule has 3 heterocycles. The molecule has 1 fully saturated rings. The molecule has 1 aliphatic rings. The molecular weight excluding hydrogens is 364 g/mol. The van der Waals surface area contributed by atoms with Crippen molar-refractivity contribution in [3.05, 3.63) is 58.9 Å². The number of aromatic amines is 1. The van der Waals surface area contributed by atoms with Crippen LogP contribution in [0.5, 0.6) is 0 Å². The molecule has 0 aliphatic carbocycles. The molecule has 2 aromatic heterocycles. The van der Waals surface area contributed by atoms with Crippen LogP contribution in [0.25, 0.3) is 0 Å². The second kappa shape index (κ2) is 7.67. The van der Waals surface area contributed by atoms with Crippen LogP contribution in [0.2, 0.25) is 0 Å². The van der Waals surface area contributed by atoms with E-state index in [-0.39, 0.29) is 24.2 Å². The fraction of sp³-hybridized carbons (Fsp3) is 0.278. The van der Waals surface area contributed by atoms with Gasteiger partial charge in [0.15, 0.2) is 0 Å². The first-order chi connectivity index (χ1) is 13.2. The number of carbonyl (C=O) groups is 2. The normalized spacial score (nSPS) is 16.7. The van der Waals surface area contributed by atoms with E-state index in [1.54, 1.807) is 17.2 Å². The smallest absolute Gasteiger partial charge is 0.229 e. The first kappa shape index (κ1) is 17.3. The molecule has 0 radical (unpaired) electrons. The quantitative estimate of drug-likeness (QED) is 0.673. The van der Waals surface area contributed by atoms with Gasteiger partial charge in [0.1, 0.15) is 5.01 Å². The molecule has 4 rings (SSSR count). The molecule has 8 nitrogen and oxygen atoms in total. The van der Waals surface area contributed by atoms with Gasteiger partial charge in [-0.2, -0.15) is 5.10 Å². The Labute approximate surface area is 159 Å². The van der Waals surface area contributed by atoms with Gasteiger partial charge in [0.2, 0.25) is 16.9 Å². The molecule has 1 aliphatic heterocycles. The number of nitrogens with zero attached hydrogens (tertiary/aromatic N) is 4. The molecule has 2 amide bonds. The highest BCUT2D eigenvalue weighted by molar-refractivity contribution is 7.15. The lowest BCUT2D eigenvalue weighted by molar-refractivity contribution is -0.126. The molecule has 1 atom stereocenters. The summed E-state index contributed by atoms with van der Waals surface area (Å²) < 4.78 is 0. The average molecular weight is 382 g/mol. The van der Waals surface area contributed by atoms with Gasteiger partial charge in [-0.05, 0) is 11.6 Å². The lowest BCUT2D eigenvalue weighted by Crippen LogP contribution is -2.32. The number of anilines is 1. The molecule has 138 valence electrons. The Morgan fingerprint density at radius 1 is 1.26 bits per heavy atom. The second-order valence-electron chi connectivity index (χ2n) is 6.35. The van der Waals surface area contributed by atoms with Crippen LogP contribution in [0.4, 0.5) is 5.13 Å². The third kappa shape index (κ3) is 4.03. The first-order valence-electron chi connectivity index (χ1n) is 8.61. The summed E-state index contributed by atoms with van der Waals surface area (Å²) in [5, 5.41) is 19.2. The highest BCUT2D eigenvalue weighted by Crippen LogP contribution is 2.28. The molecule has 1 aromatic carbocycles. The number of amides is 2. The van der Waals surface area contributed by atoms with Crippen molar-refractivity contribution in [3.8, 4) is 0 Å². The van der Waals surface area contributed by atoms with E-state index in [1.807, 2.05) is 30.3 Å². The Kier molecular flexibility index (Phi) is 4.93. The highest BCUT2D eigenvalue weighted by Gasteiger charge is 2.36. The first-order valence-corrected chi connectivity index (χ1v) is 9.43. The van der Waals surface area contributed by atoms with Crippen LogP contribution >= 0.6 is 11.3 Å². The summed E-state index contributed by atoms with van der Waals surface area (Å²) in [6.07, 6.45) is 2.49. The Morgan fingerprint density at radius 2 is 2.11 bits per heavy atom. The Hall–Kier alpha value is -3.07. The van der Waals surface area contributed by atoms with E-state index >= 15 is 0 Å². The monoisotopic (exact) mass is 382 g/mol. The van der Waals surface area contributed by atoms with E-state index in [9.17, 15) is 9.59 Å². The minimum atomic E-state index is -0.387. The third-order valence-electron chi connectivity index (χ3n) is 4.39. The van der Waals surface area contributed by atoms with Crippen molar-refractivity contribution >= 4 is 28.3 Å². The van der Waals surface area contributed by atoms with E-state index in [4.69, 9.17) is 0 Å². The fourth-order valence-electron chi connectivity index (χ4n) is 2.97. The minimum absolute atomic E-state index is 0.0981. The summed E-state index contributed by atoms with van der Waals surface area (Å²) in [5.74, 6) is -0.629. The molecule has 0 spiro atoms. The van der Waals surface area contributed by atoms with Crippen LogP contribution in [0.15, 0.2) is 42.6 Å². The highest BCUT2D eigenvalue weighted by atomic mass is 32.1. The fourth-order valence-corrected chi connectivity index (χ4v) is 3.87. The number of H-pyrrole nitrogens is 1. The van der Waals surface area contributed by atoms with Crippen molar-refractivity contribution in [2.45, 2.75) is 19.4 Å². The SMILES string of the molecule is O=C(NCc1ccn[nH]1)C1CC(=O)N(c2nnc(Cc3ccccc3)s2)C1. The third-order valence-corrected chi connectivity index (χ3v) is 5.34. The molecule has 1 saturated heterocycles. The Bertz CT molecular complexity index is 925. The van der Waals surface area contributed by atoms with Crippen molar-refractivity contribution in [2.24, 2.45) is 5.92 Å². The number of carbonyl (C=O) groups excluding carboxylic acids is 2. The molecule has 27 heavy (non-hydrogen) atoms. The zero-order valence-corrected chi connectivity index (χ0v) is 15.3. The van der Waals surface area contributed by atoms with E-state index in [1.165, 1.54) is 11.3 Å². The van der Waals surface area contributed by atoms with Gasteiger partial charge in [0, 0.05) is 25.6 Å². The summed E-state index contributed by atoms with van der Waals surface area (Å²) >= 11 is 1.39. The predicted molar refractivity (Wildman–Crippen MR) is 100 cm³/mol. The van der Waals surface area contributed by atoms with Crippen molar-refractivity contribution < 1.29 is 9.59 Å². The molecule has 1 unspecified atom stereocenters. The van der Waals surface area contributed by atoms with Crippen LogP contribution in [-0.2, 0) is 22.6 Å². The largest absolute Gasteiger partial charge is 0.350 e. The van der Waals surface area contributed by atoms with Crippen LogP contribution < -0.4 is 10.2 Å². The summed E-state index contributed by atoms with van der Waals surface area (Å²) in [6, 6.07) is 11.8. The Morgan fingerprint density at radius 3 is 2.89 bits per heavy atom. The zero-order chi connectivity index (χ0) is 18.6. The average Bonchev–Trinajstić information content (AvgIpc) is 3.41. The number of hydrogen-bond acceptors (Lipinski definition) is 6. The van der Waals surface area contributed by atoms with Gasteiger partial charge in [-0.3, -0.25) is 19.6 Å². The van der Waals surface area contributed by atoms with Gasteiger partial charge >= 0.3 is 0 Å². The maximum Gasteiger partial charge on any atom is 0.229 e. The van der Waals surface area contributed by atoms with E-state index < -0.39 is 0 Å². The summed E-state index contributed by atoms with van der Waals surface area (Å²) in [5.41, 5.74) is 1.96. The number of benzene rings is 1.